The highest BCUT2D eigenvalue weighted by Gasteiger charge is 2.28. The number of carbonyl (C=O) groups excluding carboxylic acids is 1. The van der Waals surface area contributed by atoms with E-state index in [4.69, 9.17) is 10.1 Å². The van der Waals surface area contributed by atoms with E-state index in [0.29, 0.717) is 30.4 Å². The number of aromatic nitrogens is 4. The Morgan fingerprint density at radius 3 is 2.65 bits per heavy atom. The molecule has 1 aromatic carbocycles. The molecule has 180 valence electrons. The molecule has 0 saturated heterocycles. The van der Waals surface area contributed by atoms with Crippen LogP contribution in [0.15, 0.2) is 18.2 Å². The molecule has 1 aliphatic heterocycles. The molecular weight excluding hydrogens is 449 g/mol. The summed E-state index contributed by atoms with van der Waals surface area (Å²) < 4.78 is 15.7. The Kier molecular flexibility index (Phi) is 6.51. The van der Waals surface area contributed by atoms with Crippen LogP contribution in [0.4, 0.5) is 4.39 Å². The number of hydrogen-bond acceptors (Lipinski definition) is 5. The minimum Gasteiger partial charge on any atom is -0.340 e. The molecule has 0 atom stereocenters. The minimum absolute atomic E-state index is 0.0732. The maximum absolute atomic E-state index is 13.8. The average molecular weight is 482 g/mol. The summed E-state index contributed by atoms with van der Waals surface area (Å²) in [5.74, 6) is 2.33. The van der Waals surface area contributed by atoms with E-state index in [-0.39, 0.29) is 18.3 Å². The molecule has 5 rings (SSSR count). The van der Waals surface area contributed by atoms with Gasteiger partial charge in [0.1, 0.15) is 18.2 Å². The molecule has 0 spiro atoms. The summed E-state index contributed by atoms with van der Waals surface area (Å²) in [5, 5.41) is 5.87. The molecule has 1 saturated carbocycles. The van der Waals surface area contributed by atoms with E-state index in [1.54, 1.807) is 30.4 Å². The van der Waals surface area contributed by atoms with Crippen molar-refractivity contribution in [3.8, 4) is 11.4 Å². The van der Waals surface area contributed by atoms with Gasteiger partial charge in [0.25, 0.3) is 0 Å². The Morgan fingerprint density at radius 2 is 1.88 bits per heavy atom. The molecule has 2 aliphatic rings. The van der Waals surface area contributed by atoms with Crippen molar-refractivity contribution in [1.29, 1.82) is 0 Å². The lowest BCUT2D eigenvalue weighted by molar-refractivity contribution is -0.132. The molecule has 0 bridgehead atoms. The van der Waals surface area contributed by atoms with Crippen LogP contribution < -0.4 is 0 Å². The summed E-state index contributed by atoms with van der Waals surface area (Å²) in [6.45, 7) is 7.67. The fraction of sp³-hybridized carbons (Fsp3) is 0.538. The predicted molar refractivity (Wildman–Crippen MR) is 131 cm³/mol. The van der Waals surface area contributed by atoms with Gasteiger partial charge in [-0.2, -0.15) is 5.10 Å². The minimum atomic E-state index is -0.237. The molecule has 3 heterocycles. The van der Waals surface area contributed by atoms with Crippen molar-refractivity contribution in [3.63, 3.8) is 0 Å². The third-order valence-corrected chi connectivity index (χ3v) is 8.32. The van der Waals surface area contributed by atoms with Gasteiger partial charge in [-0.3, -0.25) is 4.79 Å². The fourth-order valence-electron chi connectivity index (χ4n) is 5.17. The van der Waals surface area contributed by atoms with Gasteiger partial charge >= 0.3 is 0 Å². The molecule has 8 heteroatoms. The van der Waals surface area contributed by atoms with Crippen molar-refractivity contribution in [2.45, 2.75) is 71.8 Å². The van der Waals surface area contributed by atoms with Crippen molar-refractivity contribution in [2.75, 3.05) is 13.1 Å². The van der Waals surface area contributed by atoms with Gasteiger partial charge in [0.15, 0.2) is 5.82 Å². The van der Waals surface area contributed by atoms with Crippen LogP contribution in [0.25, 0.3) is 11.4 Å². The number of fused-ring (bicyclic) bond motifs is 1. The summed E-state index contributed by atoms with van der Waals surface area (Å²) in [6.07, 6.45) is 6.11. The van der Waals surface area contributed by atoms with E-state index >= 15 is 0 Å². The molecule has 2 aromatic heterocycles. The van der Waals surface area contributed by atoms with Crippen molar-refractivity contribution >= 4 is 17.2 Å². The van der Waals surface area contributed by atoms with E-state index in [0.717, 1.165) is 66.5 Å². The summed E-state index contributed by atoms with van der Waals surface area (Å²) in [6, 6.07) is 4.97. The number of nitrogens with zero attached hydrogens (tertiary/aromatic N) is 5. The molecule has 0 N–H and O–H groups in total. The first-order valence-electron chi connectivity index (χ1n) is 12.3. The largest absolute Gasteiger partial charge is 0.340 e. The summed E-state index contributed by atoms with van der Waals surface area (Å²) in [5.41, 5.74) is 2.50. The van der Waals surface area contributed by atoms with Gasteiger partial charge in [-0.1, -0.05) is 19.8 Å². The molecule has 6 nitrogen and oxygen atoms in total. The Labute approximate surface area is 204 Å². The van der Waals surface area contributed by atoms with Gasteiger partial charge in [-0.25, -0.2) is 19.0 Å². The number of carbonyl (C=O) groups is 1. The molecular formula is C26H32FN5OS. The highest BCUT2D eigenvalue weighted by atomic mass is 32.1. The summed E-state index contributed by atoms with van der Waals surface area (Å²) in [4.78, 5) is 26.2. The van der Waals surface area contributed by atoms with E-state index in [9.17, 15) is 9.18 Å². The zero-order chi connectivity index (χ0) is 23.8. The number of hydrogen-bond donors (Lipinski definition) is 0. The van der Waals surface area contributed by atoms with Gasteiger partial charge in [0.2, 0.25) is 5.91 Å². The van der Waals surface area contributed by atoms with Gasteiger partial charge in [-0.15, -0.1) is 11.3 Å². The van der Waals surface area contributed by atoms with Crippen LogP contribution in [0.2, 0.25) is 0 Å². The first-order chi connectivity index (χ1) is 16.4. The van der Waals surface area contributed by atoms with Gasteiger partial charge in [-0.05, 0) is 56.4 Å². The third kappa shape index (κ3) is 4.78. The van der Waals surface area contributed by atoms with Gasteiger partial charge in [0, 0.05) is 42.3 Å². The third-order valence-electron chi connectivity index (χ3n) is 7.25. The van der Waals surface area contributed by atoms with Crippen LogP contribution in [0, 0.1) is 25.6 Å². The Bertz CT molecular complexity index is 1170. The Morgan fingerprint density at radius 1 is 1.12 bits per heavy atom. The summed E-state index contributed by atoms with van der Waals surface area (Å²) in [7, 11) is 0. The lowest BCUT2D eigenvalue weighted by Crippen LogP contribution is -2.36. The van der Waals surface area contributed by atoms with Crippen molar-refractivity contribution in [2.24, 2.45) is 5.92 Å². The van der Waals surface area contributed by atoms with Crippen LogP contribution in [-0.4, -0.2) is 43.6 Å². The van der Waals surface area contributed by atoms with E-state index in [1.807, 2.05) is 16.5 Å². The lowest BCUT2D eigenvalue weighted by Gasteiger charge is -2.26. The van der Waals surface area contributed by atoms with Crippen LogP contribution in [-0.2, 0) is 24.2 Å². The number of aryl methyl sites for hydroxylation is 2. The predicted octanol–water partition coefficient (Wildman–Crippen LogP) is 5.08. The topological polar surface area (TPSA) is 63.9 Å². The quantitative estimate of drug-likeness (QED) is 0.521. The molecule has 1 amide bonds. The van der Waals surface area contributed by atoms with Crippen molar-refractivity contribution < 1.29 is 9.18 Å². The zero-order valence-electron chi connectivity index (χ0n) is 20.2. The second-order valence-corrected chi connectivity index (χ2v) is 11.1. The van der Waals surface area contributed by atoms with Gasteiger partial charge in [0.05, 0.1) is 10.7 Å². The number of amides is 1. The summed E-state index contributed by atoms with van der Waals surface area (Å²) >= 11 is 1.74. The standard InChI is InChI=1S/C26H32FN5OS/c1-16-4-6-19(7-5-16)26-29-25(20-8-9-21(27)17(2)14-20)30-32(26)15-24(33)31-12-10-22-23(11-13-31)34-18(3)28-22/h8-9,14,16,19H,4-7,10-13,15H2,1-3H3. The highest BCUT2D eigenvalue weighted by Crippen LogP contribution is 2.35. The first kappa shape index (κ1) is 23.1. The number of thiazole rings is 1. The molecule has 34 heavy (non-hydrogen) atoms. The molecule has 1 fully saturated rings. The SMILES string of the molecule is Cc1nc2c(s1)CCN(C(=O)Cn1nc(-c3ccc(F)c(C)c3)nc1C1CCC(C)CC1)CC2. The second-order valence-electron chi connectivity index (χ2n) is 9.86. The van der Waals surface area contributed by atoms with Crippen LogP contribution in [0.3, 0.4) is 0 Å². The van der Waals surface area contributed by atoms with Gasteiger partial charge < -0.3 is 4.90 Å². The number of rotatable bonds is 4. The van der Waals surface area contributed by atoms with E-state index in [2.05, 4.69) is 11.9 Å². The average Bonchev–Trinajstić information content (AvgIpc) is 3.33. The Hall–Kier alpha value is -2.61. The monoisotopic (exact) mass is 481 g/mol. The van der Waals surface area contributed by atoms with Crippen LogP contribution in [0.5, 0.6) is 0 Å². The molecule has 3 aromatic rings. The van der Waals surface area contributed by atoms with Crippen LogP contribution in [0.1, 0.15) is 65.5 Å². The fourth-order valence-corrected chi connectivity index (χ4v) is 6.14. The molecule has 0 radical (unpaired) electrons. The van der Waals surface area contributed by atoms with E-state index in [1.165, 1.54) is 10.9 Å². The lowest BCUT2D eigenvalue weighted by atomic mass is 9.82. The van der Waals surface area contributed by atoms with Crippen LogP contribution >= 0.6 is 11.3 Å². The second kappa shape index (κ2) is 9.56. The first-order valence-corrected chi connectivity index (χ1v) is 13.1. The number of halogens is 1. The Balaban J connectivity index is 1.38. The van der Waals surface area contributed by atoms with Crippen molar-refractivity contribution in [1.82, 2.24) is 24.6 Å². The number of benzene rings is 1. The zero-order valence-corrected chi connectivity index (χ0v) is 21.0. The smallest absolute Gasteiger partial charge is 0.244 e. The van der Waals surface area contributed by atoms with E-state index < -0.39 is 0 Å². The maximum Gasteiger partial charge on any atom is 0.244 e. The highest BCUT2D eigenvalue weighted by molar-refractivity contribution is 7.11. The maximum atomic E-state index is 13.8. The normalized spacial score (nSPS) is 20.8. The molecule has 1 aliphatic carbocycles. The molecule has 0 unspecified atom stereocenters. The van der Waals surface area contributed by atoms with Crippen molar-refractivity contribution in [3.05, 3.63) is 51.0 Å².